The zero-order valence-electron chi connectivity index (χ0n) is 10.9. The van der Waals surface area contributed by atoms with E-state index in [2.05, 4.69) is 28.3 Å². The van der Waals surface area contributed by atoms with Crippen molar-refractivity contribution in [2.75, 3.05) is 25.0 Å². The van der Waals surface area contributed by atoms with E-state index in [-0.39, 0.29) is 0 Å². The summed E-state index contributed by atoms with van der Waals surface area (Å²) in [5, 5.41) is 13.8. The molecule has 1 saturated heterocycles. The number of nitrogens with zero attached hydrogens (tertiary/aromatic N) is 3. The number of rotatable bonds is 2. The summed E-state index contributed by atoms with van der Waals surface area (Å²) in [4.78, 5) is 6.58. The summed E-state index contributed by atoms with van der Waals surface area (Å²) >= 11 is 0. The fraction of sp³-hybridized carbons (Fsp3) is 0.333. The number of nitriles is 1. The zero-order chi connectivity index (χ0) is 13.2. The van der Waals surface area contributed by atoms with Crippen molar-refractivity contribution in [3.05, 3.63) is 36.0 Å². The SMILES string of the molecule is CN(c1c(C#N)cnc2ccccc12)C1CCNC1. The summed E-state index contributed by atoms with van der Waals surface area (Å²) in [6, 6.07) is 10.7. The van der Waals surface area contributed by atoms with Gasteiger partial charge in [-0.1, -0.05) is 18.2 Å². The Hall–Kier alpha value is -2.12. The minimum absolute atomic E-state index is 0.443. The molecule has 3 rings (SSSR count). The third-order valence-electron chi connectivity index (χ3n) is 3.80. The van der Waals surface area contributed by atoms with Crippen LogP contribution in [-0.4, -0.2) is 31.2 Å². The third-order valence-corrected chi connectivity index (χ3v) is 3.80. The van der Waals surface area contributed by atoms with Crippen molar-refractivity contribution in [3.8, 4) is 6.07 Å². The van der Waals surface area contributed by atoms with Crippen LogP contribution in [0.3, 0.4) is 0 Å². The fourth-order valence-electron chi connectivity index (χ4n) is 2.74. The molecule has 2 heterocycles. The van der Waals surface area contributed by atoms with Gasteiger partial charge in [0.05, 0.1) is 16.8 Å². The highest BCUT2D eigenvalue weighted by molar-refractivity contribution is 5.94. The van der Waals surface area contributed by atoms with Crippen LogP contribution in [0, 0.1) is 11.3 Å². The lowest BCUT2D eigenvalue weighted by Gasteiger charge is -2.28. The van der Waals surface area contributed by atoms with E-state index in [4.69, 9.17) is 0 Å². The first-order valence-electron chi connectivity index (χ1n) is 6.52. The lowest BCUT2D eigenvalue weighted by atomic mass is 10.1. The molecular formula is C15H16N4. The van der Waals surface area contributed by atoms with Crippen LogP contribution in [0.15, 0.2) is 30.5 Å². The van der Waals surface area contributed by atoms with Crippen LogP contribution in [0.1, 0.15) is 12.0 Å². The highest BCUT2D eigenvalue weighted by atomic mass is 15.2. The van der Waals surface area contributed by atoms with E-state index >= 15 is 0 Å². The van der Waals surface area contributed by atoms with Gasteiger partial charge in [-0.3, -0.25) is 4.98 Å². The van der Waals surface area contributed by atoms with Gasteiger partial charge < -0.3 is 10.2 Å². The summed E-state index contributed by atoms with van der Waals surface area (Å²) in [6.45, 7) is 2.01. The topological polar surface area (TPSA) is 52.0 Å². The molecule has 0 amide bonds. The second-order valence-corrected chi connectivity index (χ2v) is 4.91. The van der Waals surface area contributed by atoms with Crippen LogP contribution in [-0.2, 0) is 0 Å². The molecular weight excluding hydrogens is 236 g/mol. The van der Waals surface area contributed by atoms with Crippen LogP contribution < -0.4 is 10.2 Å². The van der Waals surface area contributed by atoms with Gasteiger partial charge >= 0.3 is 0 Å². The second kappa shape index (κ2) is 4.87. The van der Waals surface area contributed by atoms with E-state index in [1.165, 1.54) is 0 Å². The fourth-order valence-corrected chi connectivity index (χ4v) is 2.74. The number of hydrogen-bond acceptors (Lipinski definition) is 4. The Morgan fingerprint density at radius 2 is 2.26 bits per heavy atom. The summed E-state index contributed by atoms with van der Waals surface area (Å²) in [7, 11) is 2.07. The van der Waals surface area contributed by atoms with Crippen LogP contribution in [0.2, 0.25) is 0 Å². The number of aromatic nitrogens is 1. The Morgan fingerprint density at radius 1 is 1.42 bits per heavy atom. The minimum atomic E-state index is 0.443. The van der Waals surface area contributed by atoms with E-state index in [9.17, 15) is 5.26 Å². The summed E-state index contributed by atoms with van der Waals surface area (Å²) < 4.78 is 0. The number of likely N-dealkylation sites (N-methyl/N-ethyl adjacent to an activating group) is 1. The number of fused-ring (bicyclic) bond motifs is 1. The van der Waals surface area contributed by atoms with Crippen molar-refractivity contribution in [2.24, 2.45) is 0 Å². The molecule has 1 unspecified atom stereocenters. The summed E-state index contributed by atoms with van der Waals surface area (Å²) in [6.07, 6.45) is 2.79. The molecule has 1 aliphatic rings. The number of benzene rings is 1. The van der Waals surface area contributed by atoms with Gasteiger partial charge in [-0.25, -0.2) is 0 Å². The molecule has 1 atom stereocenters. The number of nitrogens with one attached hydrogen (secondary N) is 1. The first kappa shape index (κ1) is 11.9. The molecule has 0 aliphatic carbocycles. The Balaban J connectivity index is 2.16. The van der Waals surface area contributed by atoms with Gasteiger partial charge in [0.15, 0.2) is 0 Å². The summed E-state index contributed by atoms with van der Waals surface area (Å²) in [5.74, 6) is 0. The molecule has 19 heavy (non-hydrogen) atoms. The Bertz CT molecular complexity index is 638. The van der Waals surface area contributed by atoms with Crippen molar-refractivity contribution in [2.45, 2.75) is 12.5 Å². The van der Waals surface area contributed by atoms with Gasteiger partial charge in [-0.15, -0.1) is 0 Å². The van der Waals surface area contributed by atoms with Crippen LogP contribution >= 0.6 is 0 Å². The van der Waals surface area contributed by atoms with Crippen LogP contribution in [0.25, 0.3) is 10.9 Å². The molecule has 1 aromatic carbocycles. The van der Waals surface area contributed by atoms with E-state index < -0.39 is 0 Å². The van der Waals surface area contributed by atoms with E-state index in [1.54, 1.807) is 6.20 Å². The molecule has 4 nitrogen and oxygen atoms in total. The molecule has 2 aromatic rings. The molecule has 4 heteroatoms. The third kappa shape index (κ3) is 2.02. The highest BCUT2D eigenvalue weighted by Crippen LogP contribution is 2.30. The first-order valence-corrected chi connectivity index (χ1v) is 6.52. The lowest BCUT2D eigenvalue weighted by Crippen LogP contribution is -2.34. The Labute approximate surface area is 112 Å². The molecule has 1 N–H and O–H groups in total. The maximum absolute atomic E-state index is 9.34. The zero-order valence-corrected chi connectivity index (χ0v) is 10.9. The predicted octanol–water partition coefficient (Wildman–Crippen LogP) is 1.90. The standard InChI is InChI=1S/C15H16N4/c1-19(12-6-7-17-10-12)15-11(8-16)9-18-14-5-3-2-4-13(14)15/h2-5,9,12,17H,6-7,10H2,1H3. The Kier molecular flexibility index (Phi) is 3.06. The van der Waals surface area contributed by atoms with Crippen molar-refractivity contribution in [1.29, 1.82) is 5.26 Å². The van der Waals surface area contributed by atoms with E-state index in [1.807, 2.05) is 24.3 Å². The summed E-state index contributed by atoms with van der Waals surface area (Å²) in [5.41, 5.74) is 2.59. The van der Waals surface area contributed by atoms with Crippen molar-refractivity contribution >= 4 is 16.6 Å². The first-order chi connectivity index (χ1) is 9.31. The van der Waals surface area contributed by atoms with Gasteiger partial charge in [0, 0.05) is 31.2 Å². The smallest absolute Gasteiger partial charge is 0.103 e. The van der Waals surface area contributed by atoms with Crippen LogP contribution in [0.5, 0.6) is 0 Å². The molecule has 0 saturated carbocycles. The quantitative estimate of drug-likeness (QED) is 0.887. The van der Waals surface area contributed by atoms with Crippen molar-refractivity contribution in [3.63, 3.8) is 0 Å². The van der Waals surface area contributed by atoms with Gasteiger partial charge in [0.1, 0.15) is 6.07 Å². The van der Waals surface area contributed by atoms with Gasteiger partial charge in [0.2, 0.25) is 0 Å². The van der Waals surface area contributed by atoms with Crippen molar-refractivity contribution in [1.82, 2.24) is 10.3 Å². The van der Waals surface area contributed by atoms with E-state index in [0.717, 1.165) is 36.1 Å². The average Bonchev–Trinajstić information content (AvgIpc) is 2.99. The number of hydrogen-bond donors (Lipinski definition) is 1. The van der Waals surface area contributed by atoms with E-state index in [0.29, 0.717) is 11.6 Å². The highest BCUT2D eigenvalue weighted by Gasteiger charge is 2.23. The molecule has 0 bridgehead atoms. The molecule has 96 valence electrons. The number of anilines is 1. The largest absolute Gasteiger partial charge is 0.369 e. The normalized spacial score (nSPS) is 18.4. The minimum Gasteiger partial charge on any atom is -0.369 e. The molecule has 1 fully saturated rings. The van der Waals surface area contributed by atoms with Crippen LogP contribution in [0.4, 0.5) is 5.69 Å². The maximum Gasteiger partial charge on any atom is 0.103 e. The maximum atomic E-state index is 9.34. The Morgan fingerprint density at radius 3 is 3.00 bits per heavy atom. The lowest BCUT2D eigenvalue weighted by molar-refractivity contribution is 0.687. The average molecular weight is 252 g/mol. The monoisotopic (exact) mass is 252 g/mol. The van der Waals surface area contributed by atoms with Crippen molar-refractivity contribution < 1.29 is 0 Å². The van der Waals surface area contributed by atoms with Gasteiger partial charge in [-0.2, -0.15) is 5.26 Å². The predicted molar refractivity (Wildman–Crippen MR) is 76.1 cm³/mol. The molecule has 0 radical (unpaired) electrons. The molecule has 0 spiro atoms. The number of para-hydroxylation sites is 1. The number of pyridine rings is 1. The molecule has 1 aliphatic heterocycles. The van der Waals surface area contributed by atoms with Gasteiger partial charge in [0.25, 0.3) is 0 Å². The van der Waals surface area contributed by atoms with Gasteiger partial charge in [-0.05, 0) is 19.0 Å². The second-order valence-electron chi connectivity index (χ2n) is 4.91. The molecule has 1 aromatic heterocycles.